The number of carbonyl (C=O) groups is 1. The van der Waals surface area contributed by atoms with Gasteiger partial charge in [0.15, 0.2) is 5.60 Å². The Morgan fingerprint density at radius 3 is 2.50 bits per heavy atom. The lowest BCUT2D eigenvalue weighted by Crippen LogP contribution is -2.44. The van der Waals surface area contributed by atoms with E-state index in [0.717, 1.165) is 0 Å². The van der Waals surface area contributed by atoms with Crippen LogP contribution in [-0.4, -0.2) is 56.8 Å². The molecule has 0 amide bonds. The molecule has 1 fully saturated rings. The van der Waals surface area contributed by atoms with Gasteiger partial charge in [-0.2, -0.15) is 13.2 Å². The Hall–Kier alpha value is -1.22. The number of halogens is 3. The summed E-state index contributed by atoms with van der Waals surface area (Å²) in [4.78, 5) is 12.2. The lowest BCUT2D eigenvalue weighted by Gasteiger charge is -2.29. The maximum Gasteiger partial charge on any atom is 0.417 e. The van der Waals surface area contributed by atoms with Crippen LogP contribution in [0.25, 0.3) is 0 Å². The van der Waals surface area contributed by atoms with Gasteiger partial charge >= 0.3 is 6.18 Å². The average molecular weight is 437 g/mol. The minimum Gasteiger partial charge on any atom is -0.394 e. The zero-order valence-corrected chi connectivity index (χ0v) is 17.5. The standard InChI is InChI=1S/C22H35F3O5/c1-2-3-12-21(30,22(23,24)25)13-8-11-18-17(19(28)14-20(18)29)10-7-5-4-6-9-16(27)15-26/h5,7-8,11,16-18,20,26-27,29-30H,2-4,6,9-10,12-15H2,1H3/t16?,17-,18-,20-,21?/m1/s1. The van der Waals surface area contributed by atoms with Gasteiger partial charge in [-0.25, -0.2) is 0 Å². The van der Waals surface area contributed by atoms with E-state index in [2.05, 4.69) is 0 Å². The summed E-state index contributed by atoms with van der Waals surface area (Å²) in [6, 6.07) is 0. The summed E-state index contributed by atoms with van der Waals surface area (Å²) < 4.78 is 39.8. The smallest absolute Gasteiger partial charge is 0.394 e. The predicted octanol–water partition coefficient (Wildman–Crippen LogP) is 3.45. The number of Topliss-reactive ketones (excluding diaryl/α,β-unsaturated/α-hetero) is 1. The molecule has 0 aromatic rings. The van der Waals surface area contributed by atoms with Crippen LogP contribution in [0.4, 0.5) is 13.2 Å². The van der Waals surface area contributed by atoms with Crippen LogP contribution in [0.2, 0.25) is 0 Å². The van der Waals surface area contributed by atoms with E-state index in [1.54, 1.807) is 13.0 Å². The van der Waals surface area contributed by atoms with Gasteiger partial charge in [-0.3, -0.25) is 4.79 Å². The molecule has 0 bridgehead atoms. The number of alkyl halides is 3. The van der Waals surface area contributed by atoms with Crippen LogP contribution in [0.3, 0.4) is 0 Å². The first kappa shape index (κ1) is 26.8. The highest BCUT2D eigenvalue weighted by molar-refractivity contribution is 5.84. The van der Waals surface area contributed by atoms with Crippen LogP contribution in [0, 0.1) is 11.8 Å². The highest BCUT2D eigenvalue weighted by Gasteiger charge is 2.52. The molecule has 1 rings (SSSR count). The summed E-state index contributed by atoms with van der Waals surface area (Å²) in [5, 5.41) is 38.3. The summed E-state index contributed by atoms with van der Waals surface area (Å²) in [7, 11) is 0. The number of aliphatic hydroxyl groups excluding tert-OH is 3. The molecule has 0 spiro atoms. The molecule has 0 aromatic carbocycles. The van der Waals surface area contributed by atoms with Gasteiger partial charge in [0, 0.05) is 24.7 Å². The number of unbranched alkanes of at least 4 members (excludes halogenated alkanes) is 2. The van der Waals surface area contributed by atoms with Crippen LogP contribution in [0.15, 0.2) is 24.3 Å². The van der Waals surface area contributed by atoms with Gasteiger partial charge < -0.3 is 20.4 Å². The molecule has 8 heteroatoms. The van der Waals surface area contributed by atoms with Gasteiger partial charge in [-0.15, -0.1) is 0 Å². The zero-order chi connectivity index (χ0) is 22.8. The maximum atomic E-state index is 13.3. The van der Waals surface area contributed by atoms with Crippen molar-refractivity contribution in [3.05, 3.63) is 24.3 Å². The SMILES string of the molecule is CCCCC(O)(CC=C[C@H]1[C@H](O)CC(=O)[C@@H]1CC=CCCCC(O)CO)C(F)(F)F. The first-order chi connectivity index (χ1) is 14.1. The van der Waals surface area contributed by atoms with E-state index < -0.39 is 42.2 Å². The Labute approximate surface area is 176 Å². The summed E-state index contributed by atoms with van der Waals surface area (Å²) in [6.07, 6.45) is 1.83. The first-order valence-corrected chi connectivity index (χ1v) is 10.7. The Balaban J connectivity index is 2.67. The second-order valence-electron chi connectivity index (χ2n) is 8.16. The number of aliphatic hydroxyl groups is 4. The molecular formula is C22H35F3O5. The van der Waals surface area contributed by atoms with Gasteiger partial charge in [-0.1, -0.05) is 44.1 Å². The van der Waals surface area contributed by atoms with E-state index in [0.29, 0.717) is 32.1 Å². The molecule has 5 atom stereocenters. The Morgan fingerprint density at radius 2 is 1.90 bits per heavy atom. The van der Waals surface area contributed by atoms with Crippen molar-refractivity contribution in [2.24, 2.45) is 11.8 Å². The van der Waals surface area contributed by atoms with Crippen LogP contribution in [0.5, 0.6) is 0 Å². The summed E-state index contributed by atoms with van der Waals surface area (Å²) in [6.45, 7) is 1.47. The molecule has 0 radical (unpaired) electrons. The van der Waals surface area contributed by atoms with Gasteiger partial charge in [0.25, 0.3) is 0 Å². The van der Waals surface area contributed by atoms with E-state index in [-0.39, 0.29) is 31.7 Å². The molecule has 1 aliphatic rings. The lowest BCUT2D eigenvalue weighted by molar-refractivity contribution is -0.261. The number of ketones is 1. The molecule has 0 saturated heterocycles. The number of hydrogen-bond donors (Lipinski definition) is 4. The highest BCUT2D eigenvalue weighted by atomic mass is 19.4. The van der Waals surface area contributed by atoms with Crippen LogP contribution >= 0.6 is 0 Å². The quantitative estimate of drug-likeness (QED) is 0.262. The van der Waals surface area contributed by atoms with Gasteiger partial charge in [0.05, 0.1) is 18.8 Å². The van der Waals surface area contributed by atoms with Crippen molar-refractivity contribution in [1.82, 2.24) is 0 Å². The molecule has 4 N–H and O–H groups in total. The molecule has 0 heterocycles. The summed E-state index contributed by atoms with van der Waals surface area (Å²) in [5.74, 6) is -1.22. The normalized spacial score (nSPS) is 26.0. The summed E-state index contributed by atoms with van der Waals surface area (Å²) >= 11 is 0. The third-order valence-electron chi connectivity index (χ3n) is 5.69. The number of carbonyl (C=O) groups excluding carboxylic acids is 1. The third kappa shape index (κ3) is 8.13. The lowest BCUT2D eigenvalue weighted by atomic mass is 9.88. The van der Waals surface area contributed by atoms with E-state index in [1.807, 2.05) is 6.08 Å². The van der Waals surface area contributed by atoms with E-state index >= 15 is 0 Å². The third-order valence-corrected chi connectivity index (χ3v) is 5.69. The average Bonchev–Trinajstić information content (AvgIpc) is 2.94. The molecule has 30 heavy (non-hydrogen) atoms. The largest absolute Gasteiger partial charge is 0.417 e. The van der Waals surface area contributed by atoms with E-state index in [9.17, 15) is 33.3 Å². The molecule has 0 aliphatic heterocycles. The molecule has 5 nitrogen and oxygen atoms in total. The van der Waals surface area contributed by atoms with Crippen molar-refractivity contribution in [3.63, 3.8) is 0 Å². The molecular weight excluding hydrogens is 401 g/mol. The number of allylic oxidation sites excluding steroid dienone is 2. The highest BCUT2D eigenvalue weighted by Crippen LogP contribution is 2.38. The molecule has 1 aliphatic carbocycles. The van der Waals surface area contributed by atoms with Gasteiger partial charge in [0.1, 0.15) is 5.78 Å². The minimum absolute atomic E-state index is 0.0322. The van der Waals surface area contributed by atoms with E-state index in [4.69, 9.17) is 5.11 Å². The minimum atomic E-state index is -4.75. The van der Waals surface area contributed by atoms with Crippen molar-refractivity contribution >= 4 is 5.78 Å². The first-order valence-electron chi connectivity index (χ1n) is 10.7. The van der Waals surface area contributed by atoms with E-state index in [1.165, 1.54) is 12.2 Å². The fraction of sp³-hybridized carbons (Fsp3) is 0.773. The maximum absolute atomic E-state index is 13.3. The molecule has 0 aromatic heterocycles. The zero-order valence-electron chi connectivity index (χ0n) is 17.5. The Kier molecular flexibility index (Phi) is 11.3. The monoisotopic (exact) mass is 436 g/mol. The molecule has 1 saturated carbocycles. The second-order valence-corrected chi connectivity index (χ2v) is 8.16. The van der Waals surface area contributed by atoms with Crippen molar-refractivity contribution in [3.8, 4) is 0 Å². The molecule has 174 valence electrons. The second kappa shape index (κ2) is 12.6. The van der Waals surface area contributed by atoms with Gasteiger partial charge in [0.2, 0.25) is 0 Å². The Bertz CT molecular complexity index is 576. The predicted molar refractivity (Wildman–Crippen MR) is 108 cm³/mol. The fourth-order valence-electron chi connectivity index (χ4n) is 3.70. The number of rotatable bonds is 13. The Morgan fingerprint density at radius 1 is 1.20 bits per heavy atom. The topological polar surface area (TPSA) is 98.0 Å². The van der Waals surface area contributed by atoms with Crippen molar-refractivity contribution in [1.29, 1.82) is 0 Å². The summed E-state index contributed by atoms with van der Waals surface area (Å²) in [5.41, 5.74) is -2.80. The van der Waals surface area contributed by atoms with Crippen molar-refractivity contribution < 1.29 is 38.4 Å². The van der Waals surface area contributed by atoms with Gasteiger partial charge in [-0.05, 0) is 32.1 Å². The van der Waals surface area contributed by atoms with Crippen LogP contribution in [-0.2, 0) is 4.79 Å². The number of hydrogen-bond acceptors (Lipinski definition) is 5. The van der Waals surface area contributed by atoms with Crippen LogP contribution in [0.1, 0.15) is 64.7 Å². The van der Waals surface area contributed by atoms with Crippen molar-refractivity contribution in [2.45, 2.75) is 88.7 Å². The van der Waals surface area contributed by atoms with Crippen LogP contribution < -0.4 is 0 Å². The van der Waals surface area contributed by atoms with Crippen molar-refractivity contribution in [2.75, 3.05) is 6.61 Å². The fourth-order valence-corrected chi connectivity index (χ4v) is 3.70. The molecule has 2 unspecified atom stereocenters.